The molecule has 1 aliphatic rings. The van der Waals surface area contributed by atoms with E-state index in [-0.39, 0.29) is 5.82 Å². The molecule has 0 radical (unpaired) electrons. The molecule has 0 aliphatic heterocycles. The summed E-state index contributed by atoms with van der Waals surface area (Å²) in [5.41, 5.74) is 3.23. The highest BCUT2D eigenvalue weighted by Crippen LogP contribution is 2.32. The van der Waals surface area contributed by atoms with E-state index in [0.717, 1.165) is 29.3 Å². The van der Waals surface area contributed by atoms with Crippen LogP contribution in [-0.2, 0) is 0 Å². The van der Waals surface area contributed by atoms with Gasteiger partial charge in [-0.2, -0.15) is 0 Å². The number of hydrogen-bond acceptors (Lipinski definition) is 0. The Kier molecular flexibility index (Phi) is 2.28. The topological polar surface area (TPSA) is 15.8 Å². The van der Waals surface area contributed by atoms with Crippen molar-refractivity contribution in [2.45, 2.75) is 25.7 Å². The molecule has 1 N–H and O–H groups in total. The van der Waals surface area contributed by atoms with Crippen LogP contribution in [0.3, 0.4) is 0 Å². The van der Waals surface area contributed by atoms with Gasteiger partial charge in [-0.15, -0.1) is 0 Å². The van der Waals surface area contributed by atoms with E-state index in [9.17, 15) is 4.39 Å². The summed E-state index contributed by atoms with van der Waals surface area (Å²) < 4.78 is 13.8. The fraction of sp³-hybridized carbons (Fsp3) is 0.286. The zero-order valence-corrected chi connectivity index (χ0v) is 9.09. The number of halogens is 1. The second-order valence-corrected chi connectivity index (χ2v) is 4.34. The van der Waals surface area contributed by atoms with Crippen molar-refractivity contribution in [1.29, 1.82) is 0 Å². The van der Waals surface area contributed by atoms with E-state index in [1.54, 1.807) is 6.07 Å². The van der Waals surface area contributed by atoms with Crippen LogP contribution in [0.2, 0.25) is 0 Å². The molecule has 0 unspecified atom stereocenters. The summed E-state index contributed by atoms with van der Waals surface area (Å²) in [6.07, 6.45) is 8.85. The Morgan fingerprint density at radius 2 is 2.12 bits per heavy atom. The smallest absolute Gasteiger partial charge is 0.133 e. The third-order valence-electron chi connectivity index (χ3n) is 3.29. The van der Waals surface area contributed by atoms with E-state index in [2.05, 4.69) is 11.1 Å². The van der Waals surface area contributed by atoms with Gasteiger partial charge in [-0.3, -0.25) is 0 Å². The van der Waals surface area contributed by atoms with Crippen molar-refractivity contribution in [1.82, 2.24) is 4.98 Å². The first-order valence-corrected chi connectivity index (χ1v) is 5.81. The highest BCUT2D eigenvalue weighted by atomic mass is 19.1. The SMILES string of the molecule is Fc1cccc2[nH]cc(C3=CCCCC3)c12. The second kappa shape index (κ2) is 3.78. The first kappa shape index (κ1) is 9.64. The Morgan fingerprint density at radius 1 is 1.19 bits per heavy atom. The van der Waals surface area contributed by atoms with Crippen LogP contribution in [0.1, 0.15) is 31.2 Å². The third kappa shape index (κ3) is 1.45. The highest BCUT2D eigenvalue weighted by Gasteiger charge is 2.13. The van der Waals surface area contributed by atoms with E-state index in [0.29, 0.717) is 0 Å². The number of H-pyrrole nitrogens is 1. The summed E-state index contributed by atoms with van der Waals surface area (Å²) in [5.74, 6) is -0.125. The molecule has 1 heterocycles. The van der Waals surface area contributed by atoms with E-state index < -0.39 is 0 Å². The van der Waals surface area contributed by atoms with Gasteiger partial charge in [0.25, 0.3) is 0 Å². The molecule has 1 aliphatic carbocycles. The van der Waals surface area contributed by atoms with E-state index in [1.807, 2.05) is 12.3 Å². The summed E-state index contributed by atoms with van der Waals surface area (Å²) in [6.45, 7) is 0. The Labute approximate surface area is 94.0 Å². The maximum atomic E-state index is 13.8. The predicted octanol–water partition coefficient (Wildman–Crippen LogP) is 4.26. The maximum Gasteiger partial charge on any atom is 0.133 e. The van der Waals surface area contributed by atoms with Gasteiger partial charge < -0.3 is 4.98 Å². The van der Waals surface area contributed by atoms with Crippen molar-refractivity contribution in [3.63, 3.8) is 0 Å². The minimum Gasteiger partial charge on any atom is -0.360 e. The molecule has 16 heavy (non-hydrogen) atoms. The standard InChI is InChI=1S/C14H14FN/c15-12-7-4-8-13-14(12)11(9-16-13)10-5-2-1-3-6-10/h4-5,7-9,16H,1-3,6H2. The van der Waals surface area contributed by atoms with Crippen LogP contribution in [0.25, 0.3) is 16.5 Å². The summed E-state index contributed by atoms with van der Waals surface area (Å²) in [4.78, 5) is 3.15. The Balaban J connectivity index is 2.20. The van der Waals surface area contributed by atoms with Gasteiger partial charge in [0.1, 0.15) is 5.82 Å². The number of benzene rings is 1. The molecule has 3 rings (SSSR count). The molecule has 0 atom stereocenters. The van der Waals surface area contributed by atoms with Crippen LogP contribution < -0.4 is 0 Å². The van der Waals surface area contributed by atoms with Gasteiger partial charge in [-0.25, -0.2) is 4.39 Å². The number of fused-ring (bicyclic) bond motifs is 1. The largest absolute Gasteiger partial charge is 0.360 e. The summed E-state index contributed by atoms with van der Waals surface area (Å²) in [5, 5.41) is 0.746. The molecule has 2 heteroatoms. The Hall–Kier alpha value is -1.57. The molecule has 1 aromatic heterocycles. The van der Waals surface area contributed by atoms with Gasteiger partial charge in [0, 0.05) is 22.7 Å². The monoisotopic (exact) mass is 215 g/mol. The van der Waals surface area contributed by atoms with Gasteiger partial charge >= 0.3 is 0 Å². The molecule has 0 saturated carbocycles. The third-order valence-corrected chi connectivity index (χ3v) is 3.29. The van der Waals surface area contributed by atoms with E-state index >= 15 is 0 Å². The van der Waals surface area contributed by atoms with Gasteiger partial charge in [-0.05, 0) is 43.4 Å². The molecule has 0 bridgehead atoms. The number of aromatic nitrogens is 1. The molecule has 1 nitrogen and oxygen atoms in total. The van der Waals surface area contributed by atoms with Crippen molar-refractivity contribution in [3.8, 4) is 0 Å². The molecule has 0 fully saturated rings. The average molecular weight is 215 g/mol. The number of allylic oxidation sites excluding steroid dienone is 2. The zero-order valence-electron chi connectivity index (χ0n) is 9.09. The van der Waals surface area contributed by atoms with Crippen molar-refractivity contribution in [2.75, 3.05) is 0 Å². The lowest BCUT2D eigenvalue weighted by atomic mass is 9.93. The van der Waals surface area contributed by atoms with Crippen LogP contribution >= 0.6 is 0 Å². The minimum atomic E-state index is -0.125. The molecule has 0 spiro atoms. The van der Waals surface area contributed by atoms with Crippen molar-refractivity contribution >= 4 is 16.5 Å². The lowest BCUT2D eigenvalue weighted by Crippen LogP contribution is -1.91. The lowest BCUT2D eigenvalue weighted by Gasteiger charge is -2.11. The quantitative estimate of drug-likeness (QED) is 0.731. The van der Waals surface area contributed by atoms with Gasteiger partial charge in [0.05, 0.1) is 0 Å². The van der Waals surface area contributed by atoms with Crippen LogP contribution in [0.15, 0.2) is 30.5 Å². The molecule has 1 aromatic carbocycles. The van der Waals surface area contributed by atoms with Crippen molar-refractivity contribution in [2.24, 2.45) is 0 Å². The zero-order chi connectivity index (χ0) is 11.0. The molecular weight excluding hydrogens is 201 g/mol. The number of rotatable bonds is 1. The Morgan fingerprint density at radius 3 is 2.94 bits per heavy atom. The summed E-state index contributed by atoms with van der Waals surface area (Å²) in [7, 11) is 0. The molecule has 0 amide bonds. The molecule has 0 saturated heterocycles. The van der Waals surface area contributed by atoms with Crippen LogP contribution in [-0.4, -0.2) is 4.98 Å². The lowest BCUT2D eigenvalue weighted by molar-refractivity contribution is 0.639. The van der Waals surface area contributed by atoms with E-state index in [1.165, 1.54) is 24.5 Å². The average Bonchev–Trinajstić information content (AvgIpc) is 2.75. The summed E-state index contributed by atoms with van der Waals surface area (Å²) >= 11 is 0. The summed E-state index contributed by atoms with van der Waals surface area (Å²) in [6, 6.07) is 5.20. The fourth-order valence-electron chi connectivity index (χ4n) is 2.48. The maximum absolute atomic E-state index is 13.8. The highest BCUT2D eigenvalue weighted by molar-refractivity contribution is 5.93. The Bertz CT molecular complexity index is 551. The first-order chi connectivity index (χ1) is 7.86. The first-order valence-electron chi connectivity index (χ1n) is 5.81. The van der Waals surface area contributed by atoms with Gasteiger partial charge in [0.2, 0.25) is 0 Å². The fourth-order valence-corrected chi connectivity index (χ4v) is 2.48. The molecule has 82 valence electrons. The van der Waals surface area contributed by atoms with Gasteiger partial charge in [-0.1, -0.05) is 12.1 Å². The second-order valence-electron chi connectivity index (χ2n) is 4.34. The van der Waals surface area contributed by atoms with Gasteiger partial charge in [0.15, 0.2) is 0 Å². The number of nitrogens with one attached hydrogen (secondary N) is 1. The normalized spacial score (nSPS) is 16.4. The predicted molar refractivity (Wildman–Crippen MR) is 64.7 cm³/mol. The van der Waals surface area contributed by atoms with Crippen molar-refractivity contribution in [3.05, 3.63) is 41.9 Å². The molecule has 2 aromatic rings. The van der Waals surface area contributed by atoms with Crippen molar-refractivity contribution < 1.29 is 4.39 Å². The van der Waals surface area contributed by atoms with Crippen LogP contribution in [0.4, 0.5) is 4.39 Å². The number of hydrogen-bond donors (Lipinski definition) is 1. The van der Waals surface area contributed by atoms with E-state index in [4.69, 9.17) is 0 Å². The van der Waals surface area contributed by atoms with Crippen LogP contribution in [0.5, 0.6) is 0 Å². The minimum absolute atomic E-state index is 0.125. The number of aromatic amines is 1. The molecular formula is C14H14FN. The van der Waals surface area contributed by atoms with Crippen LogP contribution in [0, 0.1) is 5.82 Å².